The number of hydrogen-bond acceptors (Lipinski definition) is 2. The number of fused-ring (bicyclic) bond motifs is 2. The lowest BCUT2D eigenvalue weighted by atomic mass is 9.94. The first-order valence-electron chi connectivity index (χ1n) is 6.51. The number of esters is 1. The fraction of sp³-hybridized carbons (Fsp3) is 0.769. The first kappa shape index (κ1) is 16.2. The number of allylic oxidation sites excluding steroid dienone is 2. The van der Waals surface area contributed by atoms with Gasteiger partial charge in [-0.3, -0.25) is 4.79 Å². The average Bonchev–Trinajstić information content (AvgIpc) is 2.96. The van der Waals surface area contributed by atoms with Crippen LogP contribution >= 0.6 is 0 Å². The molecule has 3 unspecified atom stereocenters. The minimum absolute atomic E-state index is 0.113. The third-order valence-electron chi connectivity index (χ3n) is 3.92. The second kappa shape index (κ2) is 5.53. The summed E-state index contributed by atoms with van der Waals surface area (Å²) >= 11 is 0. The van der Waals surface area contributed by atoms with Gasteiger partial charge in [0, 0.05) is 0 Å². The van der Waals surface area contributed by atoms with E-state index in [9.17, 15) is 31.1 Å². The molecular weight excluding hydrogens is 302 g/mol. The average molecular weight is 316 g/mol. The largest absolute Gasteiger partial charge is 0.459 e. The topological polar surface area (TPSA) is 26.3 Å². The van der Waals surface area contributed by atoms with Crippen molar-refractivity contribution in [2.24, 2.45) is 17.8 Å². The van der Waals surface area contributed by atoms with E-state index in [1.54, 1.807) is 6.08 Å². The Morgan fingerprint density at radius 2 is 1.81 bits per heavy atom. The molecule has 0 aromatic carbocycles. The highest BCUT2D eigenvalue weighted by Gasteiger charge is 2.58. The van der Waals surface area contributed by atoms with Gasteiger partial charge in [-0.05, 0) is 24.7 Å². The van der Waals surface area contributed by atoms with Crippen LogP contribution in [-0.2, 0) is 9.53 Å². The van der Waals surface area contributed by atoms with Crippen molar-refractivity contribution in [3.8, 4) is 0 Å². The smallest absolute Gasteiger partial charge is 0.343 e. The van der Waals surface area contributed by atoms with Crippen LogP contribution in [0.25, 0.3) is 0 Å². The minimum Gasteiger partial charge on any atom is -0.459 e. The van der Waals surface area contributed by atoms with Gasteiger partial charge in [0.15, 0.2) is 6.61 Å². The number of alkyl halides is 6. The van der Waals surface area contributed by atoms with Crippen LogP contribution in [0.3, 0.4) is 0 Å². The molecule has 2 bridgehead atoms. The summed E-state index contributed by atoms with van der Waals surface area (Å²) in [7, 11) is 0. The van der Waals surface area contributed by atoms with Crippen molar-refractivity contribution in [1.29, 1.82) is 0 Å². The number of carbonyl (C=O) groups is 1. The Morgan fingerprint density at radius 1 is 1.14 bits per heavy atom. The Labute approximate surface area is 117 Å². The quantitative estimate of drug-likeness (QED) is 0.425. The molecule has 0 aliphatic heterocycles. The van der Waals surface area contributed by atoms with Crippen molar-refractivity contribution in [2.45, 2.75) is 37.5 Å². The molecule has 0 aromatic rings. The van der Waals surface area contributed by atoms with Gasteiger partial charge in [0.2, 0.25) is 6.43 Å². The van der Waals surface area contributed by atoms with Crippen molar-refractivity contribution >= 4 is 5.97 Å². The lowest BCUT2D eigenvalue weighted by molar-refractivity contribution is -0.243. The van der Waals surface area contributed by atoms with Gasteiger partial charge in [-0.15, -0.1) is 0 Å². The van der Waals surface area contributed by atoms with E-state index in [4.69, 9.17) is 0 Å². The first-order chi connectivity index (χ1) is 9.62. The maximum atomic E-state index is 13.2. The Kier molecular flexibility index (Phi) is 4.26. The zero-order valence-electron chi connectivity index (χ0n) is 10.9. The number of ether oxygens (including phenoxy) is 1. The van der Waals surface area contributed by atoms with E-state index in [1.807, 2.05) is 6.08 Å². The molecule has 1 saturated carbocycles. The van der Waals surface area contributed by atoms with Crippen LogP contribution in [0, 0.1) is 17.8 Å². The molecule has 1 fully saturated rings. The molecule has 2 rings (SSSR count). The molecule has 2 aliphatic carbocycles. The van der Waals surface area contributed by atoms with E-state index in [0.29, 0.717) is 6.42 Å². The second-order valence-electron chi connectivity index (χ2n) is 5.50. The molecule has 8 heteroatoms. The van der Waals surface area contributed by atoms with E-state index in [-0.39, 0.29) is 11.8 Å². The highest BCUT2D eigenvalue weighted by atomic mass is 19.3. The van der Waals surface area contributed by atoms with Gasteiger partial charge in [-0.1, -0.05) is 12.2 Å². The van der Waals surface area contributed by atoms with Crippen molar-refractivity contribution in [3.63, 3.8) is 0 Å². The molecule has 2 nitrogen and oxygen atoms in total. The molecular formula is C13H14F6O2. The second-order valence-corrected chi connectivity index (χ2v) is 5.50. The van der Waals surface area contributed by atoms with Crippen LogP contribution in [0.2, 0.25) is 0 Å². The number of halogens is 6. The molecule has 0 amide bonds. The molecule has 0 N–H and O–H groups in total. The van der Waals surface area contributed by atoms with E-state index in [0.717, 1.165) is 6.42 Å². The Hall–Kier alpha value is -1.21. The summed E-state index contributed by atoms with van der Waals surface area (Å²) in [5, 5.41) is 0. The van der Waals surface area contributed by atoms with Crippen LogP contribution in [-0.4, -0.2) is 30.8 Å². The van der Waals surface area contributed by atoms with Crippen molar-refractivity contribution in [2.75, 3.05) is 6.61 Å². The molecule has 2 aliphatic rings. The zero-order valence-corrected chi connectivity index (χ0v) is 10.9. The van der Waals surface area contributed by atoms with Crippen LogP contribution in [0.15, 0.2) is 12.2 Å². The van der Waals surface area contributed by atoms with E-state index in [1.165, 1.54) is 0 Å². The van der Waals surface area contributed by atoms with Gasteiger partial charge in [0.1, 0.15) is 0 Å². The van der Waals surface area contributed by atoms with Gasteiger partial charge < -0.3 is 4.74 Å². The fourth-order valence-electron chi connectivity index (χ4n) is 2.77. The molecule has 0 heterocycles. The Bertz CT molecular complexity index is 434. The van der Waals surface area contributed by atoms with Gasteiger partial charge in [0.05, 0.1) is 12.3 Å². The van der Waals surface area contributed by atoms with E-state index < -0.39 is 43.2 Å². The summed E-state index contributed by atoms with van der Waals surface area (Å²) in [5.41, 5.74) is 0. The predicted octanol–water partition coefficient (Wildman–Crippen LogP) is 3.67. The summed E-state index contributed by atoms with van der Waals surface area (Å²) in [6.45, 7) is -1.89. The number of rotatable bonds is 6. The monoisotopic (exact) mass is 316 g/mol. The summed E-state index contributed by atoms with van der Waals surface area (Å²) in [4.78, 5) is 11.6. The van der Waals surface area contributed by atoms with Crippen LogP contribution in [0.5, 0.6) is 0 Å². The summed E-state index contributed by atoms with van der Waals surface area (Å²) in [6.07, 6.45) is -0.980. The molecule has 0 spiro atoms. The van der Waals surface area contributed by atoms with Gasteiger partial charge in [-0.2, -0.15) is 17.6 Å². The fourth-order valence-corrected chi connectivity index (χ4v) is 2.77. The number of carbonyl (C=O) groups excluding carboxylic acids is 1. The van der Waals surface area contributed by atoms with Crippen LogP contribution in [0.1, 0.15) is 19.3 Å². The standard InChI is InChI=1S/C13H14F6O2/c14-10(15)5-12(16,17)13(18,19)6-21-11(20)9-4-7-1-2-8(9)3-7/h1-2,7-10H,3-6H2. The third-order valence-corrected chi connectivity index (χ3v) is 3.92. The SMILES string of the molecule is O=C(OCC(F)(F)C(F)(F)CC(F)F)C1CC2C=CC1C2. The van der Waals surface area contributed by atoms with Crippen molar-refractivity contribution in [1.82, 2.24) is 0 Å². The lowest BCUT2D eigenvalue weighted by Crippen LogP contribution is -2.46. The maximum absolute atomic E-state index is 13.2. The molecule has 120 valence electrons. The summed E-state index contributed by atoms with van der Waals surface area (Å²) in [5.74, 6) is -11.2. The Morgan fingerprint density at radius 3 is 2.29 bits per heavy atom. The van der Waals surface area contributed by atoms with Gasteiger partial charge >= 0.3 is 17.8 Å². The number of hydrogen-bond donors (Lipinski definition) is 0. The highest BCUT2D eigenvalue weighted by Crippen LogP contribution is 2.44. The Balaban J connectivity index is 1.89. The molecule has 3 atom stereocenters. The van der Waals surface area contributed by atoms with Crippen molar-refractivity contribution in [3.05, 3.63) is 12.2 Å². The van der Waals surface area contributed by atoms with Crippen LogP contribution in [0.4, 0.5) is 26.3 Å². The molecule has 0 radical (unpaired) electrons. The van der Waals surface area contributed by atoms with E-state index >= 15 is 0 Å². The van der Waals surface area contributed by atoms with Gasteiger partial charge in [-0.25, -0.2) is 8.78 Å². The summed E-state index contributed by atoms with van der Waals surface area (Å²) < 4.78 is 80.5. The van der Waals surface area contributed by atoms with Crippen LogP contribution < -0.4 is 0 Å². The third kappa shape index (κ3) is 3.35. The van der Waals surface area contributed by atoms with Gasteiger partial charge in [0.25, 0.3) is 0 Å². The first-order valence-corrected chi connectivity index (χ1v) is 6.51. The summed E-state index contributed by atoms with van der Waals surface area (Å²) in [6, 6.07) is 0. The normalized spacial score (nSPS) is 28.4. The highest BCUT2D eigenvalue weighted by molar-refractivity contribution is 5.74. The lowest BCUT2D eigenvalue weighted by Gasteiger charge is -2.26. The predicted molar refractivity (Wildman–Crippen MR) is 60.3 cm³/mol. The van der Waals surface area contributed by atoms with Crippen molar-refractivity contribution < 1.29 is 35.9 Å². The minimum atomic E-state index is -4.92. The zero-order chi connectivity index (χ0) is 15.8. The van der Waals surface area contributed by atoms with E-state index in [2.05, 4.69) is 4.74 Å². The molecule has 0 aromatic heterocycles. The molecule has 0 saturated heterocycles. The maximum Gasteiger partial charge on any atom is 0.343 e. The molecule has 21 heavy (non-hydrogen) atoms.